The van der Waals surface area contributed by atoms with E-state index in [2.05, 4.69) is 55.3 Å². The summed E-state index contributed by atoms with van der Waals surface area (Å²) in [4.78, 5) is 2.48. The molecule has 0 amide bonds. The zero-order valence-corrected chi connectivity index (χ0v) is 14.7. The van der Waals surface area contributed by atoms with E-state index in [0.29, 0.717) is 6.04 Å². The zero-order valence-electron chi connectivity index (χ0n) is 13.9. The molecule has 0 fully saturated rings. The number of nitrogens with zero attached hydrogens (tertiary/aromatic N) is 1. The molecule has 2 aromatic carbocycles. The monoisotopic (exact) mass is 318 g/mol. The number of rotatable bonds is 8. The summed E-state index contributed by atoms with van der Waals surface area (Å²) >= 11 is 6.08. The SMILES string of the molecule is CCN(CC)CCC[C@H](C)Nc1cccc2cc(Cl)ccc12. The summed E-state index contributed by atoms with van der Waals surface area (Å²) in [5.41, 5.74) is 1.20. The fraction of sp³-hybridized carbons (Fsp3) is 0.474. The zero-order chi connectivity index (χ0) is 15.9. The van der Waals surface area contributed by atoms with Crippen LogP contribution in [0, 0.1) is 0 Å². The third-order valence-corrected chi connectivity index (χ3v) is 4.49. The van der Waals surface area contributed by atoms with Gasteiger partial charge in [-0.2, -0.15) is 0 Å². The molecule has 0 heterocycles. The number of hydrogen-bond donors (Lipinski definition) is 1. The molecule has 3 heteroatoms. The Balaban J connectivity index is 1.95. The highest BCUT2D eigenvalue weighted by Gasteiger charge is 2.07. The van der Waals surface area contributed by atoms with Gasteiger partial charge < -0.3 is 10.2 Å². The van der Waals surface area contributed by atoms with Gasteiger partial charge in [0.15, 0.2) is 0 Å². The molecule has 2 nitrogen and oxygen atoms in total. The van der Waals surface area contributed by atoms with Crippen LogP contribution in [-0.4, -0.2) is 30.6 Å². The summed E-state index contributed by atoms with van der Waals surface area (Å²) in [6.07, 6.45) is 2.41. The van der Waals surface area contributed by atoms with E-state index in [1.807, 2.05) is 12.1 Å². The van der Waals surface area contributed by atoms with Gasteiger partial charge in [-0.1, -0.05) is 43.6 Å². The van der Waals surface area contributed by atoms with Gasteiger partial charge in [-0.3, -0.25) is 0 Å². The van der Waals surface area contributed by atoms with Crippen LogP contribution in [-0.2, 0) is 0 Å². The van der Waals surface area contributed by atoms with Gasteiger partial charge in [-0.15, -0.1) is 0 Å². The molecule has 0 bridgehead atoms. The van der Waals surface area contributed by atoms with E-state index in [4.69, 9.17) is 11.6 Å². The number of halogens is 1. The second kappa shape index (κ2) is 8.40. The smallest absolute Gasteiger partial charge is 0.0421 e. The molecule has 1 atom stereocenters. The van der Waals surface area contributed by atoms with Gasteiger partial charge in [-0.25, -0.2) is 0 Å². The molecule has 2 aromatic rings. The third-order valence-electron chi connectivity index (χ3n) is 4.25. The molecular weight excluding hydrogens is 292 g/mol. The van der Waals surface area contributed by atoms with Crippen LogP contribution in [0.1, 0.15) is 33.6 Å². The molecule has 0 saturated heterocycles. The van der Waals surface area contributed by atoms with E-state index in [1.165, 1.54) is 35.8 Å². The number of anilines is 1. The first-order chi connectivity index (χ1) is 10.6. The quantitative estimate of drug-likeness (QED) is 0.699. The van der Waals surface area contributed by atoms with Crippen molar-refractivity contribution >= 4 is 28.1 Å². The highest BCUT2D eigenvalue weighted by molar-refractivity contribution is 6.31. The first kappa shape index (κ1) is 17.1. The van der Waals surface area contributed by atoms with E-state index in [1.54, 1.807) is 0 Å². The molecule has 0 spiro atoms. The van der Waals surface area contributed by atoms with E-state index >= 15 is 0 Å². The predicted octanol–water partition coefficient (Wildman–Crippen LogP) is 5.42. The van der Waals surface area contributed by atoms with E-state index < -0.39 is 0 Å². The second-order valence-electron chi connectivity index (χ2n) is 5.89. The minimum Gasteiger partial charge on any atom is -0.382 e. The molecule has 0 aliphatic carbocycles. The van der Waals surface area contributed by atoms with E-state index in [0.717, 1.165) is 18.1 Å². The summed E-state index contributed by atoms with van der Waals surface area (Å²) in [5, 5.41) is 6.87. The van der Waals surface area contributed by atoms with E-state index in [9.17, 15) is 0 Å². The second-order valence-corrected chi connectivity index (χ2v) is 6.32. The Hall–Kier alpha value is -1.25. The molecule has 0 saturated carbocycles. The normalized spacial score (nSPS) is 12.8. The standard InChI is InChI=1S/C19H27ClN2/c1-4-22(5-2)13-7-8-15(3)21-19-10-6-9-16-14-17(20)11-12-18(16)19/h6,9-12,14-15,21H,4-5,7-8,13H2,1-3H3/t15-/m0/s1. The largest absolute Gasteiger partial charge is 0.382 e. The van der Waals surface area contributed by atoms with Gasteiger partial charge >= 0.3 is 0 Å². The van der Waals surface area contributed by atoms with Crippen molar-refractivity contribution in [3.05, 3.63) is 41.4 Å². The minimum atomic E-state index is 0.469. The molecular formula is C19H27ClN2. The molecule has 0 aliphatic rings. The summed E-state index contributed by atoms with van der Waals surface area (Å²) in [6.45, 7) is 10.2. The summed E-state index contributed by atoms with van der Waals surface area (Å²) in [7, 11) is 0. The van der Waals surface area contributed by atoms with Crippen molar-refractivity contribution in [2.24, 2.45) is 0 Å². The predicted molar refractivity (Wildman–Crippen MR) is 99.1 cm³/mol. The Morgan fingerprint density at radius 2 is 1.91 bits per heavy atom. The average Bonchev–Trinajstić information content (AvgIpc) is 2.51. The van der Waals surface area contributed by atoms with Crippen molar-refractivity contribution in [3.63, 3.8) is 0 Å². The molecule has 0 radical (unpaired) electrons. The lowest BCUT2D eigenvalue weighted by Gasteiger charge is -2.21. The maximum Gasteiger partial charge on any atom is 0.0421 e. The van der Waals surface area contributed by atoms with Gasteiger partial charge in [0.05, 0.1) is 0 Å². The fourth-order valence-corrected chi connectivity index (χ4v) is 3.06. The lowest BCUT2D eigenvalue weighted by molar-refractivity contribution is 0.295. The van der Waals surface area contributed by atoms with Crippen LogP contribution >= 0.6 is 11.6 Å². The molecule has 22 heavy (non-hydrogen) atoms. The number of benzene rings is 2. The topological polar surface area (TPSA) is 15.3 Å². The van der Waals surface area contributed by atoms with Crippen LogP contribution in [0.3, 0.4) is 0 Å². The number of nitrogens with one attached hydrogen (secondary N) is 1. The highest BCUT2D eigenvalue weighted by Crippen LogP contribution is 2.26. The van der Waals surface area contributed by atoms with Gasteiger partial charge in [0.1, 0.15) is 0 Å². The average molecular weight is 319 g/mol. The third kappa shape index (κ3) is 4.62. The van der Waals surface area contributed by atoms with E-state index in [-0.39, 0.29) is 0 Å². The molecule has 0 aliphatic heterocycles. The molecule has 0 unspecified atom stereocenters. The highest BCUT2D eigenvalue weighted by atomic mass is 35.5. The Kier molecular flexibility index (Phi) is 6.53. The van der Waals surface area contributed by atoms with Crippen LogP contribution in [0.4, 0.5) is 5.69 Å². The Bertz CT molecular complexity index is 593. The first-order valence-electron chi connectivity index (χ1n) is 8.31. The van der Waals surface area contributed by atoms with Gasteiger partial charge in [0.2, 0.25) is 0 Å². The van der Waals surface area contributed by atoms with Crippen molar-refractivity contribution in [2.75, 3.05) is 25.0 Å². The summed E-state index contributed by atoms with van der Waals surface area (Å²) in [6, 6.07) is 12.9. The van der Waals surface area contributed by atoms with Crippen molar-refractivity contribution in [1.29, 1.82) is 0 Å². The van der Waals surface area contributed by atoms with Crippen molar-refractivity contribution in [1.82, 2.24) is 4.90 Å². The lowest BCUT2D eigenvalue weighted by atomic mass is 10.1. The van der Waals surface area contributed by atoms with Crippen molar-refractivity contribution in [3.8, 4) is 0 Å². The lowest BCUT2D eigenvalue weighted by Crippen LogP contribution is -2.25. The molecule has 2 rings (SSSR count). The Labute approximate surface area is 139 Å². The van der Waals surface area contributed by atoms with Crippen LogP contribution in [0.5, 0.6) is 0 Å². The molecule has 0 aromatic heterocycles. The molecule has 120 valence electrons. The minimum absolute atomic E-state index is 0.469. The van der Waals surface area contributed by atoms with Gasteiger partial charge in [-0.05, 0) is 63.0 Å². The van der Waals surface area contributed by atoms with Crippen LogP contribution in [0.2, 0.25) is 5.02 Å². The first-order valence-corrected chi connectivity index (χ1v) is 8.69. The fourth-order valence-electron chi connectivity index (χ4n) is 2.88. The molecule has 1 N–H and O–H groups in total. The van der Waals surface area contributed by atoms with Crippen LogP contribution in [0.15, 0.2) is 36.4 Å². The van der Waals surface area contributed by atoms with Crippen molar-refractivity contribution in [2.45, 2.75) is 39.7 Å². The number of fused-ring (bicyclic) bond motifs is 1. The summed E-state index contributed by atoms with van der Waals surface area (Å²) in [5.74, 6) is 0. The van der Waals surface area contributed by atoms with Gasteiger partial charge in [0, 0.05) is 22.1 Å². The maximum absolute atomic E-state index is 6.08. The van der Waals surface area contributed by atoms with Crippen LogP contribution in [0.25, 0.3) is 10.8 Å². The Morgan fingerprint density at radius 3 is 2.64 bits per heavy atom. The number of hydrogen-bond acceptors (Lipinski definition) is 2. The Morgan fingerprint density at radius 1 is 1.14 bits per heavy atom. The van der Waals surface area contributed by atoms with Crippen molar-refractivity contribution < 1.29 is 0 Å². The maximum atomic E-state index is 6.08. The van der Waals surface area contributed by atoms with Gasteiger partial charge in [0.25, 0.3) is 0 Å². The van der Waals surface area contributed by atoms with Crippen LogP contribution < -0.4 is 5.32 Å². The summed E-state index contributed by atoms with van der Waals surface area (Å²) < 4.78 is 0.